The fourth-order valence-corrected chi connectivity index (χ4v) is 5.96. The van der Waals surface area contributed by atoms with Gasteiger partial charge in [0.15, 0.2) is 0 Å². The summed E-state index contributed by atoms with van der Waals surface area (Å²) in [5.74, 6) is -2.09. The molecule has 2 aliphatic rings. The van der Waals surface area contributed by atoms with Crippen LogP contribution in [0.5, 0.6) is 0 Å². The van der Waals surface area contributed by atoms with Crippen molar-refractivity contribution in [2.75, 3.05) is 11.5 Å². The summed E-state index contributed by atoms with van der Waals surface area (Å²) in [6.45, 7) is 3.09. The topological polar surface area (TPSA) is 191 Å². The molecule has 15 nitrogen and oxygen atoms in total. The van der Waals surface area contributed by atoms with Crippen LogP contribution >= 0.6 is 23.5 Å². The Morgan fingerprint density at radius 3 is 2.79 bits per heavy atom. The van der Waals surface area contributed by atoms with Gasteiger partial charge in [0.05, 0.1) is 16.9 Å². The quantitative estimate of drug-likeness (QED) is 0.205. The number of hydrogen-bond acceptors (Lipinski definition) is 11. The number of hydrogen-bond donors (Lipinski definition) is 2. The molecule has 2 aromatic rings. The molecule has 0 aliphatic carbocycles. The number of carboxylic acid groups (broad SMARTS) is 1. The van der Waals surface area contributed by atoms with Gasteiger partial charge in [-0.05, 0) is 34.8 Å². The van der Waals surface area contributed by atoms with Crippen LogP contribution in [-0.4, -0.2) is 85.6 Å². The number of amides is 2. The number of aryl methyl sites for hydroxylation is 2. The van der Waals surface area contributed by atoms with Crippen LogP contribution in [0.25, 0.3) is 0 Å². The zero-order valence-electron chi connectivity index (χ0n) is 18.1. The van der Waals surface area contributed by atoms with Gasteiger partial charge in [-0.3, -0.25) is 14.5 Å². The minimum absolute atomic E-state index is 0.103. The molecule has 4 rings (SSSR count). The number of rotatable bonds is 8. The third kappa shape index (κ3) is 4.11. The molecule has 1 saturated heterocycles. The van der Waals surface area contributed by atoms with Gasteiger partial charge in [-0.1, -0.05) is 11.8 Å². The van der Waals surface area contributed by atoms with E-state index in [4.69, 9.17) is 0 Å². The number of carbonyl (C=O) groups is 3. The van der Waals surface area contributed by atoms with Gasteiger partial charge in [0.25, 0.3) is 5.91 Å². The van der Waals surface area contributed by atoms with Crippen LogP contribution in [-0.2, 0) is 21.4 Å². The van der Waals surface area contributed by atoms with E-state index in [0.717, 1.165) is 0 Å². The largest absolute Gasteiger partial charge is 0.477 e. The second kappa shape index (κ2) is 9.05. The van der Waals surface area contributed by atoms with E-state index in [0.29, 0.717) is 22.2 Å². The fourth-order valence-electron chi connectivity index (χ4n) is 3.63. The van der Waals surface area contributed by atoms with Crippen molar-refractivity contribution in [2.24, 2.45) is 7.05 Å². The third-order valence-electron chi connectivity index (χ3n) is 5.35. The van der Waals surface area contributed by atoms with Crippen LogP contribution in [0.3, 0.4) is 0 Å². The highest BCUT2D eigenvalue weighted by Crippen LogP contribution is 2.41. The molecular formula is C17H19N9O6S2. The molecule has 2 amide bonds. The van der Waals surface area contributed by atoms with E-state index in [-0.39, 0.29) is 17.3 Å². The van der Waals surface area contributed by atoms with Crippen LogP contribution in [0.2, 0.25) is 0 Å². The average molecular weight is 510 g/mol. The predicted octanol–water partition coefficient (Wildman–Crippen LogP) is -0.285. The van der Waals surface area contributed by atoms with E-state index in [2.05, 4.69) is 25.9 Å². The lowest BCUT2D eigenvalue weighted by Gasteiger charge is -2.49. The fraction of sp³-hybridized carbons (Fsp3) is 0.471. The minimum Gasteiger partial charge on any atom is -0.477 e. The summed E-state index contributed by atoms with van der Waals surface area (Å²) in [6.07, 6.45) is 0. The van der Waals surface area contributed by atoms with Crippen molar-refractivity contribution in [2.45, 2.75) is 36.5 Å². The molecule has 180 valence electrons. The Balaban J connectivity index is 1.46. The first kappa shape index (κ1) is 23.7. The molecule has 0 aromatic carbocycles. The van der Waals surface area contributed by atoms with Crippen LogP contribution in [0.4, 0.5) is 5.82 Å². The van der Waals surface area contributed by atoms with Gasteiger partial charge in [0, 0.05) is 18.6 Å². The second-order valence-corrected chi connectivity index (χ2v) is 9.60. The summed E-state index contributed by atoms with van der Waals surface area (Å²) in [7, 11) is 1.66. The Hall–Kier alpha value is -3.47. The molecule has 3 atom stereocenters. The van der Waals surface area contributed by atoms with Gasteiger partial charge < -0.3 is 20.5 Å². The highest BCUT2D eigenvalue weighted by Gasteiger charge is 2.54. The van der Waals surface area contributed by atoms with Crippen molar-refractivity contribution < 1.29 is 24.4 Å². The van der Waals surface area contributed by atoms with E-state index in [1.807, 2.05) is 0 Å². The lowest BCUT2D eigenvalue weighted by atomic mass is 10.0. The number of tetrazole rings is 1. The van der Waals surface area contributed by atoms with E-state index in [9.17, 15) is 29.6 Å². The minimum atomic E-state index is -1.23. The Morgan fingerprint density at radius 2 is 2.21 bits per heavy atom. The van der Waals surface area contributed by atoms with Crippen LogP contribution in [0.1, 0.15) is 18.7 Å². The van der Waals surface area contributed by atoms with Gasteiger partial charge in [-0.25, -0.2) is 9.48 Å². The molecule has 0 saturated carbocycles. The number of aliphatic carboxylic acids is 1. The number of nitrogens with one attached hydrogen (secondary N) is 1. The molecular weight excluding hydrogens is 490 g/mol. The normalized spacial score (nSPS) is 20.6. The zero-order valence-corrected chi connectivity index (χ0v) is 19.7. The maximum atomic E-state index is 12.8. The van der Waals surface area contributed by atoms with Crippen molar-refractivity contribution in [1.82, 2.24) is 40.2 Å². The number of nitro groups is 1. The number of carboxylic acids is 1. The average Bonchev–Trinajstić information content (AvgIpc) is 3.39. The van der Waals surface area contributed by atoms with Gasteiger partial charge >= 0.3 is 11.8 Å². The molecule has 0 bridgehead atoms. The number of fused-ring (bicyclic) bond motifs is 1. The smallest absolute Gasteiger partial charge is 0.390 e. The van der Waals surface area contributed by atoms with Crippen LogP contribution in [0.15, 0.2) is 22.5 Å². The first-order chi connectivity index (χ1) is 16.1. The van der Waals surface area contributed by atoms with Crippen molar-refractivity contribution in [1.29, 1.82) is 0 Å². The molecule has 1 fully saturated rings. The lowest BCUT2D eigenvalue weighted by molar-refractivity contribution is -0.389. The predicted molar refractivity (Wildman–Crippen MR) is 118 cm³/mol. The Labute approximate surface area is 200 Å². The molecule has 2 aliphatic heterocycles. The van der Waals surface area contributed by atoms with E-state index in [1.54, 1.807) is 14.0 Å². The number of carbonyl (C=O) groups excluding carboxylic acids is 2. The first-order valence-corrected chi connectivity index (χ1v) is 11.9. The zero-order chi connectivity index (χ0) is 24.7. The molecule has 2 N–H and O–H groups in total. The van der Waals surface area contributed by atoms with Crippen LogP contribution in [0, 0.1) is 17.0 Å². The number of aromatic nitrogens is 6. The standard InChI is InChI=1S/C17H19N9O6S2/c1-7-4-10(26(31)32)20-25(7)8(2)13(27)18-11-14(28)24-12(16(29)30)9(5-33-15(11)24)6-34-17-19-21-22-23(17)3/h4,8,11,15H,5-6H2,1-3H3,(H,18,27)(H,29,30)/t8-,11+,15+/m1/s1. The van der Waals surface area contributed by atoms with Crippen molar-refractivity contribution >= 4 is 47.1 Å². The molecule has 4 heterocycles. The summed E-state index contributed by atoms with van der Waals surface area (Å²) >= 11 is 2.60. The first-order valence-electron chi connectivity index (χ1n) is 9.86. The Morgan fingerprint density at radius 1 is 1.47 bits per heavy atom. The van der Waals surface area contributed by atoms with Gasteiger partial charge in [-0.2, -0.15) is 4.68 Å². The second-order valence-electron chi connectivity index (χ2n) is 7.55. The summed E-state index contributed by atoms with van der Waals surface area (Å²) in [4.78, 5) is 49.1. The summed E-state index contributed by atoms with van der Waals surface area (Å²) in [5, 5.41) is 38.2. The van der Waals surface area contributed by atoms with Crippen molar-refractivity contribution in [3.8, 4) is 0 Å². The number of thioether (sulfide) groups is 2. The SMILES string of the molecule is Cc1cc([N+](=O)[O-])nn1[C@H](C)C(=O)N[C@H]1C(=O)N2C(C(=O)O)=C(CSc3nnnn3C)CS[C@@H]12. The van der Waals surface area contributed by atoms with Gasteiger partial charge in [0.1, 0.15) is 23.2 Å². The van der Waals surface area contributed by atoms with Gasteiger partial charge in [0.2, 0.25) is 11.1 Å². The highest BCUT2D eigenvalue weighted by atomic mass is 32.2. The number of nitrogens with zero attached hydrogens (tertiary/aromatic N) is 8. The molecule has 2 aromatic heterocycles. The monoisotopic (exact) mass is 509 g/mol. The van der Waals surface area contributed by atoms with Gasteiger partial charge in [-0.15, -0.1) is 16.9 Å². The lowest BCUT2D eigenvalue weighted by Crippen LogP contribution is -2.71. The summed E-state index contributed by atoms with van der Waals surface area (Å²) in [6, 6.07) is -0.583. The highest BCUT2D eigenvalue weighted by molar-refractivity contribution is 8.01. The maximum Gasteiger partial charge on any atom is 0.390 e. The number of β-lactam (4-membered cyclic amide) rings is 1. The maximum absolute atomic E-state index is 12.8. The molecule has 0 spiro atoms. The van der Waals surface area contributed by atoms with E-state index >= 15 is 0 Å². The third-order valence-corrected chi connectivity index (χ3v) is 7.78. The molecule has 0 radical (unpaired) electrons. The van der Waals surface area contributed by atoms with Crippen molar-refractivity contribution in [3.63, 3.8) is 0 Å². The molecule has 17 heteroatoms. The Bertz CT molecular complexity index is 1220. The van der Waals surface area contributed by atoms with Crippen LogP contribution < -0.4 is 5.32 Å². The van der Waals surface area contributed by atoms with Crippen molar-refractivity contribution in [3.05, 3.63) is 33.1 Å². The molecule has 34 heavy (non-hydrogen) atoms. The summed E-state index contributed by atoms with van der Waals surface area (Å²) < 4.78 is 2.67. The van der Waals surface area contributed by atoms with E-state index in [1.165, 1.54) is 50.8 Å². The summed E-state index contributed by atoms with van der Waals surface area (Å²) in [5.41, 5.74) is 0.862. The Kier molecular flexibility index (Phi) is 6.30. The molecule has 0 unspecified atom stereocenters. The van der Waals surface area contributed by atoms with E-state index < -0.39 is 40.2 Å².